The lowest BCUT2D eigenvalue weighted by Gasteiger charge is -2.37. The molecule has 2 saturated heterocycles. The van der Waals surface area contributed by atoms with Crippen LogP contribution in [0.25, 0.3) is 0 Å². The molecule has 1 aromatic heterocycles. The van der Waals surface area contributed by atoms with Crippen molar-refractivity contribution >= 4 is 5.82 Å². The van der Waals surface area contributed by atoms with Crippen molar-refractivity contribution < 1.29 is 4.74 Å². The molecule has 0 unspecified atom stereocenters. The van der Waals surface area contributed by atoms with Gasteiger partial charge in [-0.1, -0.05) is 19.8 Å². The van der Waals surface area contributed by atoms with Crippen LogP contribution in [-0.2, 0) is 4.74 Å². The molecular weight excluding hydrogens is 286 g/mol. The van der Waals surface area contributed by atoms with E-state index in [0.29, 0.717) is 6.04 Å². The first-order chi connectivity index (χ1) is 11.3. The standard InChI is InChI=1S/C19H31N3O/c1-3-4-8-21-9-6-5-7-18(21)17-15-20-19(14-16(17)2)22-10-12-23-13-11-22/h14-15,18H,3-13H2,1-2H3/t18-/m1/s1. The number of hydrogen-bond acceptors (Lipinski definition) is 4. The van der Waals surface area contributed by atoms with E-state index in [2.05, 4.69) is 35.9 Å². The van der Waals surface area contributed by atoms with Crippen LogP contribution in [0.1, 0.15) is 56.2 Å². The molecule has 0 aromatic carbocycles. The molecule has 0 amide bonds. The molecule has 0 saturated carbocycles. The molecule has 4 heteroatoms. The van der Waals surface area contributed by atoms with Gasteiger partial charge in [-0.05, 0) is 56.5 Å². The Morgan fingerprint density at radius 3 is 2.78 bits per heavy atom. The van der Waals surface area contributed by atoms with Crippen molar-refractivity contribution in [3.8, 4) is 0 Å². The number of aromatic nitrogens is 1. The summed E-state index contributed by atoms with van der Waals surface area (Å²) in [5, 5.41) is 0. The number of aryl methyl sites for hydroxylation is 1. The van der Waals surface area contributed by atoms with E-state index in [4.69, 9.17) is 9.72 Å². The maximum Gasteiger partial charge on any atom is 0.128 e. The first-order valence-corrected chi connectivity index (χ1v) is 9.33. The van der Waals surface area contributed by atoms with Crippen LogP contribution in [0.2, 0.25) is 0 Å². The molecule has 2 aliphatic heterocycles. The minimum atomic E-state index is 0.571. The van der Waals surface area contributed by atoms with E-state index >= 15 is 0 Å². The number of piperidine rings is 1. The average molecular weight is 317 g/mol. The number of ether oxygens (including phenoxy) is 1. The zero-order valence-electron chi connectivity index (χ0n) is 14.8. The van der Waals surface area contributed by atoms with E-state index in [1.807, 2.05) is 0 Å². The van der Waals surface area contributed by atoms with Crippen molar-refractivity contribution in [3.05, 3.63) is 23.4 Å². The van der Waals surface area contributed by atoms with Crippen molar-refractivity contribution in [1.29, 1.82) is 0 Å². The van der Waals surface area contributed by atoms with Crippen LogP contribution in [0.5, 0.6) is 0 Å². The van der Waals surface area contributed by atoms with Crippen molar-refractivity contribution in [3.63, 3.8) is 0 Å². The molecule has 1 aromatic rings. The Hall–Kier alpha value is -1.13. The van der Waals surface area contributed by atoms with E-state index in [1.54, 1.807) is 0 Å². The summed E-state index contributed by atoms with van der Waals surface area (Å²) in [5.74, 6) is 1.12. The molecule has 4 nitrogen and oxygen atoms in total. The molecular formula is C19H31N3O. The second kappa shape index (κ2) is 8.11. The van der Waals surface area contributed by atoms with Crippen LogP contribution in [0.4, 0.5) is 5.82 Å². The summed E-state index contributed by atoms with van der Waals surface area (Å²) in [4.78, 5) is 9.83. The van der Waals surface area contributed by atoms with Crippen LogP contribution < -0.4 is 4.90 Å². The monoisotopic (exact) mass is 317 g/mol. The predicted molar refractivity (Wildman–Crippen MR) is 95.1 cm³/mol. The number of morpholine rings is 1. The number of pyridine rings is 1. The number of hydrogen-bond donors (Lipinski definition) is 0. The van der Waals surface area contributed by atoms with Gasteiger partial charge in [0, 0.05) is 25.3 Å². The van der Waals surface area contributed by atoms with Crippen molar-refractivity contribution in [1.82, 2.24) is 9.88 Å². The van der Waals surface area contributed by atoms with Crippen LogP contribution in [0.3, 0.4) is 0 Å². The Kier molecular flexibility index (Phi) is 5.90. The van der Waals surface area contributed by atoms with Crippen LogP contribution in [-0.4, -0.2) is 49.3 Å². The fourth-order valence-electron chi connectivity index (χ4n) is 3.84. The summed E-state index contributed by atoms with van der Waals surface area (Å²) in [5.41, 5.74) is 2.84. The van der Waals surface area contributed by atoms with Crippen LogP contribution in [0, 0.1) is 6.92 Å². The number of rotatable bonds is 5. The molecule has 23 heavy (non-hydrogen) atoms. The minimum absolute atomic E-state index is 0.571. The maximum absolute atomic E-state index is 5.45. The molecule has 0 bridgehead atoms. The van der Waals surface area contributed by atoms with Gasteiger partial charge in [0.05, 0.1) is 13.2 Å². The van der Waals surface area contributed by atoms with Gasteiger partial charge in [-0.15, -0.1) is 0 Å². The van der Waals surface area contributed by atoms with Crippen molar-refractivity contribution in [2.75, 3.05) is 44.3 Å². The predicted octanol–water partition coefficient (Wildman–Crippen LogP) is 3.55. The van der Waals surface area contributed by atoms with E-state index < -0.39 is 0 Å². The fourth-order valence-corrected chi connectivity index (χ4v) is 3.84. The first kappa shape index (κ1) is 16.7. The average Bonchev–Trinajstić information content (AvgIpc) is 2.61. The Balaban J connectivity index is 1.75. The van der Waals surface area contributed by atoms with Gasteiger partial charge < -0.3 is 9.64 Å². The Morgan fingerprint density at radius 1 is 1.22 bits per heavy atom. The highest BCUT2D eigenvalue weighted by molar-refractivity contribution is 5.44. The molecule has 0 N–H and O–H groups in total. The Bertz CT molecular complexity index is 499. The number of likely N-dealkylation sites (tertiary alicyclic amines) is 1. The zero-order chi connectivity index (χ0) is 16.1. The van der Waals surface area contributed by atoms with E-state index in [-0.39, 0.29) is 0 Å². The largest absolute Gasteiger partial charge is 0.378 e. The molecule has 2 fully saturated rings. The third-order valence-corrected chi connectivity index (χ3v) is 5.24. The third kappa shape index (κ3) is 4.04. The minimum Gasteiger partial charge on any atom is -0.378 e. The fraction of sp³-hybridized carbons (Fsp3) is 0.737. The van der Waals surface area contributed by atoms with Gasteiger partial charge in [-0.2, -0.15) is 0 Å². The Labute approximate surface area is 140 Å². The highest BCUT2D eigenvalue weighted by Crippen LogP contribution is 2.33. The third-order valence-electron chi connectivity index (χ3n) is 5.24. The molecule has 0 radical (unpaired) electrons. The highest BCUT2D eigenvalue weighted by Gasteiger charge is 2.25. The number of anilines is 1. The normalized spacial score (nSPS) is 23.2. The summed E-state index contributed by atoms with van der Waals surface area (Å²) in [6.07, 6.45) is 8.69. The van der Waals surface area contributed by atoms with Gasteiger partial charge >= 0.3 is 0 Å². The SMILES string of the molecule is CCCCN1CCCC[C@@H]1c1cnc(N2CCOCC2)cc1C. The van der Waals surface area contributed by atoms with Gasteiger partial charge in [0.15, 0.2) is 0 Å². The lowest BCUT2D eigenvalue weighted by molar-refractivity contribution is 0.122. The molecule has 0 aliphatic carbocycles. The van der Waals surface area contributed by atoms with Crippen molar-refractivity contribution in [2.24, 2.45) is 0 Å². The van der Waals surface area contributed by atoms with E-state index in [0.717, 1.165) is 32.1 Å². The topological polar surface area (TPSA) is 28.6 Å². The molecule has 128 valence electrons. The number of unbranched alkanes of at least 4 members (excludes halogenated alkanes) is 1. The van der Waals surface area contributed by atoms with Gasteiger partial charge in [-0.3, -0.25) is 4.90 Å². The van der Waals surface area contributed by atoms with Gasteiger partial charge in [0.1, 0.15) is 5.82 Å². The summed E-state index contributed by atoms with van der Waals surface area (Å²) >= 11 is 0. The summed E-state index contributed by atoms with van der Waals surface area (Å²) < 4.78 is 5.45. The molecule has 3 heterocycles. The molecule has 0 spiro atoms. The quantitative estimate of drug-likeness (QED) is 0.830. The van der Waals surface area contributed by atoms with Crippen molar-refractivity contribution in [2.45, 2.75) is 52.0 Å². The molecule has 3 rings (SSSR count). The van der Waals surface area contributed by atoms with Gasteiger partial charge in [0.2, 0.25) is 0 Å². The summed E-state index contributed by atoms with van der Waals surface area (Å²) in [6, 6.07) is 2.86. The van der Waals surface area contributed by atoms with Gasteiger partial charge in [0.25, 0.3) is 0 Å². The second-order valence-electron chi connectivity index (χ2n) is 6.90. The summed E-state index contributed by atoms with van der Waals surface area (Å²) in [7, 11) is 0. The highest BCUT2D eigenvalue weighted by atomic mass is 16.5. The maximum atomic E-state index is 5.45. The summed E-state index contributed by atoms with van der Waals surface area (Å²) in [6.45, 7) is 10.6. The van der Waals surface area contributed by atoms with Crippen LogP contribution in [0.15, 0.2) is 12.3 Å². The van der Waals surface area contributed by atoms with E-state index in [1.165, 1.54) is 56.3 Å². The van der Waals surface area contributed by atoms with E-state index in [9.17, 15) is 0 Å². The first-order valence-electron chi connectivity index (χ1n) is 9.33. The number of nitrogens with zero attached hydrogens (tertiary/aromatic N) is 3. The smallest absolute Gasteiger partial charge is 0.128 e. The van der Waals surface area contributed by atoms with Crippen LogP contribution >= 0.6 is 0 Å². The lowest BCUT2D eigenvalue weighted by atomic mass is 9.93. The molecule has 1 atom stereocenters. The van der Waals surface area contributed by atoms with Gasteiger partial charge in [-0.25, -0.2) is 4.98 Å². The Morgan fingerprint density at radius 2 is 2.04 bits per heavy atom. The lowest BCUT2D eigenvalue weighted by Crippen LogP contribution is -2.37. The molecule has 2 aliphatic rings. The second-order valence-corrected chi connectivity index (χ2v) is 6.90. The zero-order valence-corrected chi connectivity index (χ0v) is 14.8.